The maximum atomic E-state index is 12.9. The van der Waals surface area contributed by atoms with Crippen LogP contribution in [0.1, 0.15) is 18.7 Å². The number of hydrogen-bond acceptors (Lipinski definition) is 8. The first kappa shape index (κ1) is 21.4. The molecule has 1 aliphatic rings. The Kier molecular flexibility index (Phi) is 6.01. The molecule has 2 heterocycles. The minimum Gasteiger partial charge on any atom is -0.493 e. The van der Waals surface area contributed by atoms with Crippen LogP contribution in [0.25, 0.3) is 11.3 Å². The van der Waals surface area contributed by atoms with Gasteiger partial charge >= 0.3 is 0 Å². The average molecular weight is 503 g/mol. The fraction of sp³-hybridized carbons (Fsp3) is 0.238. The molecule has 0 N–H and O–H groups in total. The minimum absolute atomic E-state index is 0.204. The van der Waals surface area contributed by atoms with E-state index in [4.69, 9.17) is 14.2 Å². The van der Waals surface area contributed by atoms with Crippen molar-refractivity contribution in [3.63, 3.8) is 0 Å². The third-order valence-corrected chi connectivity index (χ3v) is 6.03. The van der Waals surface area contributed by atoms with E-state index in [0.29, 0.717) is 49.5 Å². The molecule has 31 heavy (non-hydrogen) atoms. The molecule has 0 saturated heterocycles. The van der Waals surface area contributed by atoms with E-state index in [1.807, 2.05) is 30.5 Å². The van der Waals surface area contributed by atoms with Crippen LogP contribution < -0.4 is 19.1 Å². The van der Waals surface area contributed by atoms with Crippen molar-refractivity contribution in [3.05, 3.63) is 46.4 Å². The molecule has 0 saturated carbocycles. The van der Waals surface area contributed by atoms with E-state index < -0.39 is 6.23 Å². The molecule has 8 nitrogen and oxygen atoms in total. The first-order valence-corrected chi connectivity index (χ1v) is 11.3. The Morgan fingerprint density at radius 1 is 1.16 bits per heavy atom. The van der Waals surface area contributed by atoms with Crippen molar-refractivity contribution in [1.29, 1.82) is 0 Å². The number of carbonyl (C=O) groups excluding carboxylic acids is 1. The van der Waals surface area contributed by atoms with Crippen molar-refractivity contribution in [2.75, 3.05) is 25.4 Å². The van der Waals surface area contributed by atoms with Crippen LogP contribution >= 0.6 is 27.7 Å². The Morgan fingerprint density at radius 3 is 2.55 bits per heavy atom. The minimum atomic E-state index is -0.833. The van der Waals surface area contributed by atoms with Gasteiger partial charge in [-0.3, -0.25) is 9.69 Å². The summed E-state index contributed by atoms with van der Waals surface area (Å²) in [5.74, 6) is 1.15. The molecule has 4 rings (SSSR count). The number of carbonyl (C=O) groups is 1. The molecule has 1 aliphatic heterocycles. The summed E-state index contributed by atoms with van der Waals surface area (Å²) in [4.78, 5) is 19.0. The lowest BCUT2D eigenvalue weighted by Crippen LogP contribution is -2.36. The Balaban J connectivity index is 1.99. The number of hydrogen-bond donors (Lipinski definition) is 0. The number of para-hydroxylation sites is 1. The van der Waals surface area contributed by atoms with E-state index in [2.05, 4.69) is 31.1 Å². The average Bonchev–Trinajstić information content (AvgIpc) is 2.92. The van der Waals surface area contributed by atoms with Crippen LogP contribution in [0.5, 0.6) is 17.4 Å². The van der Waals surface area contributed by atoms with Gasteiger partial charge in [-0.2, -0.15) is 4.98 Å². The molecule has 0 radical (unpaired) electrons. The van der Waals surface area contributed by atoms with Crippen molar-refractivity contribution in [2.24, 2.45) is 0 Å². The largest absolute Gasteiger partial charge is 0.493 e. The SMILES string of the molecule is COc1cc(Br)c([C@H]2Oc3nc(SC)nnc3-c3ccccc3N2C(C)=O)cc1OC. The summed E-state index contributed by atoms with van der Waals surface area (Å²) in [5, 5.41) is 8.97. The number of rotatable bonds is 4. The van der Waals surface area contributed by atoms with Crippen LogP contribution in [0.15, 0.2) is 46.0 Å². The number of anilines is 1. The van der Waals surface area contributed by atoms with Gasteiger partial charge in [0.15, 0.2) is 17.2 Å². The summed E-state index contributed by atoms with van der Waals surface area (Å²) >= 11 is 4.95. The monoisotopic (exact) mass is 502 g/mol. The zero-order valence-electron chi connectivity index (χ0n) is 17.2. The number of ether oxygens (including phenoxy) is 3. The van der Waals surface area contributed by atoms with Crippen molar-refractivity contribution >= 4 is 39.3 Å². The molecular formula is C21H19BrN4O4S. The smallest absolute Gasteiger partial charge is 0.247 e. The third kappa shape index (κ3) is 3.81. The van der Waals surface area contributed by atoms with Crippen LogP contribution in [-0.4, -0.2) is 41.6 Å². The van der Waals surface area contributed by atoms with Gasteiger partial charge in [-0.25, -0.2) is 0 Å². The van der Waals surface area contributed by atoms with E-state index in [0.717, 1.165) is 0 Å². The normalized spacial score (nSPS) is 14.7. The fourth-order valence-corrected chi connectivity index (χ4v) is 4.22. The predicted molar refractivity (Wildman–Crippen MR) is 121 cm³/mol. The molecular weight excluding hydrogens is 484 g/mol. The van der Waals surface area contributed by atoms with Crippen LogP contribution in [0.2, 0.25) is 0 Å². The quantitative estimate of drug-likeness (QED) is 0.482. The van der Waals surface area contributed by atoms with Crippen LogP contribution in [-0.2, 0) is 4.79 Å². The molecule has 0 unspecified atom stereocenters. The summed E-state index contributed by atoms with van der Waals surface area (Å²) in [7, 11) is 3.12. The van der Waals surface area contributed by atoms with E-state index in [1.165, 1.54) is 18.7 Å². The molecule has 160 valence electrons. The highest BCUT2D eigenvalue weighted by Gasteiger charge is 2.36. The summed E-state index contributed by atoms with van der Waals surface area (Å²) in [5.41, 5.74) is 2.49. The number of amides is 1. The number of nitrogens with zero attached hydrogens (tertiary/aromatic N) is 4. The van der Waals surface area contributed by atoms with Crippen LogP contribution in [0, 0.1) is 0 Å². The predicted octanol–water partition coefficient (Wildman–Crippen LogP) is 4.48. The highest BCUT2D eigenvalue weighted by molar-refractivity contribution is 9.10. The standard InChI is InChI=1S/C21H19BrN4O4S/c1-11(27)26-15-8-6-5-7-12(15)18-19(23-21(31-4)25-24-18)30-20(26)13-9-16(28-2)17(29-3)10-14(13)22/h5-10,20H,1-4H3/t20-/m1/s1. The maximum absolute atomic E-state index is 12.9. The Hall–Kier alpha value is -2.85. The first-order valence-electron chi connectivity index (χ1n) is 9.24. The highest BCUT2D eigenvalue weighted by Crippen LogP contribution is 2.46. The molecule has 3 aromatic rings. The van der Waals surface area contributed by atoms with Crippen molar-refractivity contribution < 1.29 is 19.0 Å². The number of thioether (sulfide) groups is 1. The zero-order valence-corrected chi connectivity index (χ0v) is 19.7. The summed E-state index contributed by atoms with van der Waals surface area (Å²) in [6.07, 6.45) is 1.03. The first-order chi connectivity index (χ1) is 15.0. The summed E-state index contributed by atoms with van der Waals surface area (Å²) in [6, 6.07) is 11.0. The molecule has 0 aliphatic carbocycles. The molecule has 1 aromatic heterocycles. The number of aromatic nitrogens is 3. The lowest BCUT2D eigenvalue weighted by Gasteiger charge is -2.30. The number of benzene rings is 2. The van der Waals surface area contributed by atoms with Gasteiger partial charge in [-0.15, -0.1) is 10.2 Å². The van der Waals surface area contributed by atoms with Gasteiger partial charge < -0.3 is 14.2 Å². The van der Waals surface area contributed by atoms with Crippen LogP contribution in [0.3, 0.4) is 0 Å². The molecule has 1 atom stereocenters. The Labute approximate surface area is 192 Å². The van der Waals surface area contributed by atoms with E-state index >= 15 is 0 Å². The van der Waals surface area contributed by atoms with Crippen molar-refractivity contribution in [2.45, 2.75) is 18.3 Å². The zero-order chi connectivity index (χ0) is 22.1. The van der Waals surface area contributed by atoms with E-state index in [9.17, 15) is 4.79 Å². The topological polar surface area (TPSA) is 86.7 Å². The second-order valence-electron chi connectivity index (χ2n) is 6.56. The molecule has 0 fully saturated rings. The molecule has 1 amide bonds. The molecule has 0 bridgehead atoms. The van der Waals surface area contributed by atoms with Gasteiger partial charge in [0, 0.05) is 22.5 Å². The lowest BCUT2D eigenvalue weighted by molar-refractivity contribution is -0.118. The molecule has 10 heteroatoms. The van der Waals surface area contributed by atoms with Gasteiger partial charge in [0.05, 0.1) is 19.9 Å². The van der Waals surface area contributed by atoms with Gasteiger partial charge in [0.25, 0.3) is 0 Å². The third-order valence-electron chi connectivity index (χ3n) is 4.80. The number of fused-ring (bicyclic) bond motifs is 3. The van der Waals surface area contributed by atoms with E-state index in [-0.39, 0.29) is 5.91 Å². The van der Waals surface area contributed by atoms with Crippen LogP contribution in [0.4, 0.5) is 5.69 Å². The Morgan fingerprint density at radius 2 is 1.87 bits per heavy atom. The van der Waals surface area contributed by atoms with E-state index in [1.54, 1.807) is 31.3 Å². The maximum Gasteiger partial charge on any atom is 0.247 e. The molecule has 2 aromatic carbocycles. The molecule has 0 spiro atoms. The lowest BCUT2D eigenvalue weighted by atomic mass is 10.1. The second-order valence-corrected chi connectivity index (χ2v) is 8.19. The summed E-state index contributed by atoms with van der Waals surface area (Å²) < 4.78 is 17.9. The van der Waals surface area contributed by atoms with Gasteiger partial charge in [0.2, 0.25) is 23.2 Å². The fourth-order valence-electron chi connectivity index (χ4n) is 3.40. The van der Waals surface area contributed by atoms with Gasteiger partial charge in [-0.1, -0.05) is 45.9 Å². The number of methoxy groups -OCH3 is 2. The highest BCUT2D eigenvalue weighted by atomic mass is 79.9. The van der Waals surface area contributed by atoms with Crippen molar-refractivity contribution in [1.82, 2.24) is 15.2 Å². The summed E-state index contributed by atoms with van der Waals surface area (Å²) in [6.45, 7) is 1.49. The Bertz CT molecular complexity index is 1160. The van der Waals surface area contributed by atoms with Gasteiger partial charge in [-0.05, 0) is 24.5 Å². The van der Waals surface area contributed by atoms with Gasteiger partial charge in [0.1, 0.15) is 0 Å². The van der Waals surface area contributed by atoms with Crippen molar-refractivity contribution in [3.8, 4) is 28.6 Å². The number of halogens is 1. The second kappa shape index (κ2) is 8.72.